The molecule has 19 heavy (non-hydrogen) atoms. The topological polar surface area (TPSA) is 15.3 Å². The maximum absolute atomic E-state index is 14.0. The highest BCUT2D eigenvalue weighted by atomic mass is 35.5. The van der Waals surface area contributed by atoms with Gasteiger partial charge in [0.15, 0.2) is 0 Å². The standard InChI is InChI=1S/C15H20ClFN2/c1-10-8-19(14(7-18-10)11-5-6-11)9-12-3-2-4-13(16)15(12)17/h2-4,10-11,14,18H,5-9H2,1H3. The van der Waals surface area contributed by atoms with Crippen molar-refractivity contribution in [1.29, 1.82) is 0 Å². The van der Waals surface area contributed by atoms with E-state index >= 15 is 0 Å². The van der Waals surface area contributed by atoms with Crippen LogP contribution in [0.5, 0.6) is 0 Å². The predicted octanol–water partition coefficient (Wildman–Crippen LogP) is 3.05. The highest BCUT2D eigenvalue weighted by Gasteiger charge is 2.38. The molecule has 0 amide bonds. The van der Waals surface area contributed by atoms with Crippen LogP contribution in [0, 0.1) is 11.7 Å². The summed E-state index contributed by atoms with van der Waals surface area (Å²) in [6.07, 6.45) is 2.63. The van der Waals surface area contributed by atoms with Crippen molar-refractivity contribution in [2.24, 2.45) is 5.92 Å². The van der Waals surface area contributed by atoms with Gasteiger partial charge in [0.25, 0.3) is 0 Å². The second-order valence-corrected chi connectivity index (χ2v) is 6.26. The van der Waals surface area contributed by atoms with E-state index < -0.39 is 0 Å². The largest absolute Gasteiger partial charge is 0.311 e. The first kappa shape index (κ1) is 13.3. The van der Waals surface area contributed by atoms with Gasteiger partial charge in [0.1, 0.15) is 5.82 Å². The van der Waals surface area contributed by atoms with Crippen molar-refractivity contribution in [2.75, 3.05) is 13.1 Å². The highest BCUT2D eigenvalue weighted by molar-refractivity contribution is 6.30. The van der Waals surface area contributed by atoms with Crippen LogP contribution in [0.2, 0.25) is 5.02 Å². The molecule has 0 aromatic heterocycles. The Bertz CT molecular complexity index is 461. The second kappa shape index (κ2) is 5.39. The molecular weight excluding hydrogens is 263 g/mol. The van der Waals surface area contributed by atoms with Gasteiger partial charge in [-0.3, -0.25) is 4.90 Å². The summed E-state index contributed by atoms with van der Waals surface area (Å²) in [4.78, 5) is 2.42. The molecule has 0 radical (unpaired) electrons. The zero-order valence-corrected chi connectivity index (χ0v) is 12.0. The Kier molecular flexibility index (Phi) is 3.79. The van der Waals surface area contributed by atoms with E-state index in [0.717, 1.165) is 19.0 Å². The van der Waals surface area contributed by atoms with Crippen LogP contribution < -0.4 is 5.32 Å². The third-order valence-electron chi connectivity index (χ3n) is 4.22. The van der Waals surface area contributed by atoms with E-state index in [2.05, 4.69) is 17.1 Å². The van der Waals surface area contributed by atoms with Gasteiger partial charge in [-0.2, -0.15) is 0 Å². The van der Waals surface area contributed by atoms with E-state index in [1.54, 1.807) is 6.07 Å². The minimum absolute atomic E-state index is 0.226. The molecule has 1 N–H and O–H groups in total. The van der Waals surface area contributed by atoms with Crippen LogP contribution in [0.15, 0.2) is 18.2 Å². The van der Waals surface area contributed by atoms with Crippen LogP contribution in [0.25, 0.3) is 0 Å². The molecule has 2 nitrogen and oxygen atoms in total. The Morgan fingerprint density at radius 3 is 2.95 bits per heavy atom. The summed E-state index contributed by atoms with van der Waals surface area (Å²) < 4.78 is 14.0. The van der Waals surface area contributed by atoms with Gasteiger partial charge in [0.2, 0.25) is 0 Å². The van der Waals surface area contributed by atoms with Crippen LogP contribution in [-0.4, -0.2) is 30.1 Å². The smallest absolute Gasteiger partial charge is 0.146 e. The lowest BCUT2D eigenvalue weighted by Crippen LogP contribution is -2.55. The van der Waals surface area contributed by atoms with Crippen molar-refractivity contribution in [2.45, 2.75) is 38.4 Å². The summed E-state index contributed by atoms with van der Waals surface area (Å²) in [5.41, 5.74) is 0.715. The minimum Gasteiger partial charge on any atom is -0.311 e. The summed E-state index contributed by atoms with van der Waals surface area (Å²) >= 11 is 5.87. The molecule has 1 saturated heterocycles. The molecule has 0 bridgehead atoms. The maximum Gasteiger partial charge on any atom is 0.146 e. The van der Waals surface area contributed by atoms with Crippen molar-refractivity contribution in [1.82, 2.24) is 10.2 Å². The fourth-order valence-electron chi connectivity index (χ4n) is 3.02. The first-order valence-corrected chi connectivity index (χ1v) is 7.43. The predicted molar refractivity (Wildman–Crippen MR) is 75.8 cm³/mol. The van der Waals surface area contributed by atoms with E-state index in [-0.39, 0.29) is 10.8 Å². The Balaban J connectivity index is 1.77. The van der Waals surface area contributed by atoms with E-state index in [1.165, 1.54) is 12.8 Å². The van der Waals surface area contributed by atoms with Crippen molar-refractivity contribution in [3.8, 4) is 0 Å². The first-order valence-electron chi connectivity index (χ1n) is 7.05. The van der Waals surface area contributed by atoms with Gasteiger partial charge in [-0.25, -0.2) is 4.39 Å². The lowest BCUT2D eigenvalue weighted by atomic mass is 10.0. The zero-order valence-electron chi connectivity index (χ0n) is 11.2. The van der Waals surface area contributed by atoms with Gasteiger partial charge in [0.05, 0.1) is 5.02 Å². The number of halogens is 2. The summed E-state index contributed by atoms with van der Waals surface area (Å²) in [6.45, 7) is 4.85. The number of nitrogens with zero attached hydrogens (tertiary/aromatic N) is 1. The molecule has 2 unspecified atom stereocenters. The van der Waals surface area contributed by atoms with Crippen LogP contribution >= 0.6 is 11.6 Å². The van der Waals surface area contributed by atoms with Crippen molar-refractivity contribution >= 4 is 11.6 Å². The number of nitrogens with one attached hydrogen (secondary N) is 1. The van der Waals surface area contributed by atoms with Crippen molar-refractivity contribution in [3.05, 3.63) is 34.6 Å². The van der Waals surface area contributed by atoms with Crippen LogP contribution in [-0.2, 0) is 6.54 Å². The normalized spacial score (nSPS) is 28.6. The Morgan fingerprint density at radius 2 is 2.21 bits per heavy atom. The second-order valence-electron chi connectivity index (χ2n) is 5.86. The molecular formula is C15H20ClFN2. The van der Waals surface area contributed by atoms with Crippen LogP contribution in [0.3, 0.4) is 0 Å². The monoisotopic (exact) mass is 282 g/mol. The lowest BCUT2D eigenvalue weighted by Gasteiger charge is -2.39. The average molecular weight is 283 g/mol. The molecule has 2 aliphatic rings. The van der Waals surface area contributed by atoms with E-state index in [9.17, 15) is 4.39 Å². The molecule has 1 aromatic carbocycles. The fourth-order valence-corrected chi connectivity index (χ4v) is 3.21. The molecule has 1 saturated carbocycles. The summed E-state index contributed by atoms with van der Waals surface area (Å²) in [6, 6.07) is 6.31. The van der Waals surface area contributed by atoms with Gasteiger partial charge < -0.3 is 5.32 Å². The van der Waals surface area contributed by atoms with Gasteiger partial charge in [-0.05, 0) is 31.7 Å². The van der Waals surface area contributed by atoms with Crippen LogP contribution in [0.4, 0.5) is 4.39 Å². The number of hydrogen-bond donors (Lipinski definition) is 1. The van der Waals surface area contributed by atoms with Crippen molar-refractivity contribution in [3.63, 3.8) is 0 Å². The SMILES string of the molecule is CC1CN(Cc2cccc(Cl)c2F)C(C2CC2)CN1. The van der Waals surface area contributed by atoms with Gasteiger partial charge in [-0.1, -0.05) is 23.7 Å². The number of hydrogen-bond acceptors (Lipinski definition) is 2. The van der Waals surface area contributed by atoms with Gasteiger partial charge in [0, 0.05) is 37.3 Å². The quantitative estimate of drug-likeness (QED) is 0.917. The van der Waals surface area contributed by atoms with E-state index in [1.807, 2.05) is 12.1 Å². The lowest BCUT2D eigenvalue weighted by molar-refractivity contribution is 0.111. The summed E-state index contributed by atoms with van der Waals surface area (Å²) in [5, 5.41) is 3.76. The molecule has 2 fully saturated rings. The summed E-state index contributed by atoms with van der Waals surface area (Å²) in [7, 11) is 0. The number of rotatable bonds is 3. The maximum atomic E-state index is 14.0. The molecule has 1 aliphatic carbocycles. The average Bonchev–Trinajstić information content (AvgIpc) is 3.19. The highest BCUT2D eigenvalue weighted by Crippen LogP contribution is 2.37. The molecule has 1 aliphatic heterocycles. The Labute approximate surface area is 118 Å². The fraction of sp³-hybridized carbons (Fsp3) is 0.600. The molecule has 2 atom stereocenters. The van der Waals surface area contributed by atoms with E-state index in [0.29, 0.717) is 24.2 Å². The summed E-state index contributed by atoms with van der Waals surface area (Å²) in [5.74, 6) is 0.534. The Hall–Kier alpha value is -0.640. The third kappa shape index (κ3) is 2.93. The zero-order chi connectivity index (χ0) is 13.4. The third-order valence-corrected chi connectivity index (χ3v) is 4.52. The Morgan fingerprint density at radius 1 is 1.42 bits per heavy atom. The first-order chi connectivity index (χ1) is 9.15. The molecule has 1 aromatic rings. The number of piperazine rings is 1. The number of benzene rings is 1. The van der Waals surface area contributed by atoms with E-state index in [4.69, 9.17) is 11.6 Å². The van der Waals surface area contributed by atoms with Crippen molar-refractivity contribution < 1.29 is 4.39 Å². The molecule has 1 heterocycles. The molecule has 104 valence electrons. The van der Waals surface area contributed by atoms with Crippen LogP contribution in [0.1, 0.15) is 25.3 Å². The molecule has 4 heteroatoms. The van der Waals surface area contributed by atoms with Gasteiger partial charge in [-0.15, -0.1) is 0 Å². The van der Waals surface area contributed by atoms with Gasteiger partial charge >= 0.3 is 0 Å². The molecule has 0 spiro atoms. The minimum atomic E-state index is -0.259. The molecule has 3 rings (SSSR count).